The number of likely N-dealkylation sites (tertiary alicyclic amines) is 1. The van der Waals surface area contributed by atoms with Gasteiger partial charge in [0.05, 0.1) is 30.7 Å². The number of carbonyl (C=O) groups excluding carboxylic acids is 4. The number of nitrogens with one attached hydrogen (secondary N) is 1. The topological polar surface area (TPSA) is 104 Å². The number of carbonyl (C=O) groups is 4. The van der Waals surface area contributed by atoms with Crippen molar-refractivity contribution in [2.45, 2.75) is 91.3 Å². The number of rotatable bonds is 9. The molecule has 274 valence electrons. The lowest BCUT2D eigenvalue weighted by molar-refractivity contribution is -0.141. The monoisotopic (exact) mass is 697 g/mol. The Balaban J connectivity index is 1.13. The zero-order chi connectivity index (χ0) is 36.4. The van der Waals surface area contributed by atoms with Crippen molar-refractivity contribution >= 4 is 40.6 Å². The molecule has 1 N–H and O–H groups in total. The second-order valence-electron chi connectivity index (χ2n) is 16.1. The van der Waals surface area contributed by atoms with E-state index >= 15 is 0 Å². The SMILES string of the molecule is Cc1cc(NC(=O)c2cn(C)c3ccccc23)c(C)cc1CC(=O)N1C[C@@H](N2CCN(C(=O)C(C)(C)C)CC2)C[C@H]1CO[C@H]1CC[C@H](C=O)CC1. The molecule has 1 aromatic heterocycles. The minimum absolute atomic E-state index is 0.0406. The highest BCUT2D eigenvalue weighted by atomic mass is 16.5. The maximum absolute atomic E-state index is 14.2. The summed E-state index contributed by atoms with van der Waals surface area (Å²) in [5.74, 6) is 0.234. The summed E-state index contributed by atoms with van der Waals surface area (Å²) in [5, 5.41) is 4.02. The van der Waals surface area contributed by atoms with Crippen molar-refractivity contribution in [1.29, 1.82) is 0 Å². The number of anilines is 1. The molecule has 3 fully saturated rings. The van der Waals surface area contributed by atoms with Gasteiger partial charge in [-0.1, -0.05) is 45.0 Å². The van der Waals surface area contributed by atoms with Gasteiger partial charge in [-0.3, -0.25) is 19.3 Å². The Morgan fingerprint density at radius 3 is 2.35 bits per heavy atom. The zero-order valence-corrected chi connectivity index (χ0v) is 31.2. The largest absolute Gasteiger partial charge is 0.376 e. The van der Waals surface area contributed by atoms with Crippen LogP contribution in [0.5, 0.6) is 0 Å². The fourth-order valence-electron chi connectivity index (χ4n) is 8.20. The van der Waals surface area contributed by atoms with Gasteiger partial charge in [-0.15, -0.1) is 0 Å². The van der Waals surface area contributed by atoms with Gasteiger partial charge in [0, 0.05) is 79.9 Å². The van der Waals surface area contributed by atoms with Crippen molar-refractivity contribution in [3.8, 4) is 0 Å². The number of piperazine rings is 1. The summed E-state index contributed by atoms with van der Waals surface area (Å²) in [6.45, 7) is 14.0. The van der Waals surface area contributed by atoms with Crippen molar-refractivity contribution < 1.29 is 23.9 Å². The Morgan fingerprint density at radius 1 is 0.961 bits per heavy atom. The maximum Gasteiger partial charge on any atom is 0.257 e. The third-order valence-electron chi connectivity index (χ3n) is 11.3. The minimum Gasteiger partial charge on any atom is -0.376 e. The molecule has 51 heavy (non-hydrogen) atoms. The Morgan fingerprint density at radius 2 is 1.67 bits per heavy atom. The van der Waals surface area contributed by atoms with Crippen LogP contribution in [0, 0.1) is 25.2 Å². The summed E-state index contributed by atoms with van der Waals surface area (Å²) in [6, 6.07) is 12.0. The van der Waals surface area contributed by atoms with Crippen LogP contribution in [0.3, 0.4) is 0 Å². The van der Waals surface area contributed by atoms with E-state index in [4.69, 9.17) is 4.74 Å². The summed E-state index contributed by atoms with van der Waals surface area (Å²) in [7, 11) is 1.94. The number of fused-ring (bicyclic) bond motifs is 1. The van der Waals surface area contributed by atoms with Crippen LogP contribution in [-0.4, -0.2) is 101 Å². The summed E-state index contributed by atoms with van der Waals surface area (Å²) in [5.41, 5.74) is 4.78. The molecule has 3 heterocycles. The lowest BCUT2D eigenvalue weighted by atomic mass is 9.88. The van der Waals surface area contributed by atoms with E-state index in [1.807, 2.05) is 98.6 Å². The molecular formula is C41H55N5O5. The van der Waals surface area contributed by atoms with Crippen molar-refractivity contribution in [2.24, 2.45) is 18.4 Å². The number of aldehydes is 1. The fourth-order valence-corrected chi connectivity index (χ4v) is 8.20. The smallest absolute Gasteiger partial charge is 0.257 e. The molecule has 10 heteroatoms. The Kier molecular flexibility index (Phi) is 11.0. The molecule has 1 aliphatic carbocycles. The molecule has 2 saturated heterocycles. The summed E-state index contributed by atoms with van der Waals surface area (Å²) < 4.78 is 8.41. The van der Waals surface area contributed by atoms with Crippen LogP contribution in [0.15, 0.2) is 42.6 Å². The fraction of sp³-hybridized carbons (Fsp3) is 0.561. The van der Waals surface area contributed by atoms with E-state index in [9.17, 15) is 19.2 Å². The lowest BCUT2D eigenvalue weighted by Gasteiger charge is -2.40. The van der Waals surface area contributed by atoms with Gasteiger partial charge in [0.1, 0.15) is 6.29 Å². The van der Waals surface area contributed by atoms with E-state index in [2.05, 4.69) is 10.2 Å². The highest BCUT2D eigenvalue weighted by Crippen LogP contribution is 2.30. The first-order valence-electron chi connectivity index (χ1n) is 18.7. The second-order valence-corrected chi connectivity index (χ2v) is 16.1. The van der Waals surface area contributed by atoms with Crippen molar-refractivity contribution in [1.82, 2.24) is 19.3 Å². The van der Waals surface area contributed by atoms with Gasteiger partial charge in [-0.05, 0) is 74.8 Å². The molecule has 0 spiro atoms. The van der Waals surface area contributed by atoms with E-state index < -0.39 is 5.41 Å². The second kappa shape index (κ2) is 15.3. The van der Waals surface area contributed by atoms with Crippen LogP contribution in [0.25, 0.3) is 10.9 Å². The van der Waals surface area contributed by atoms with Gasteiger partial charge >= 0.3 is 0 Å². The highest BCUT2D eigenvalue weighted by Gasteiger charge is 2.40. The van der Waals surface area contributed by atoms with Crippen LogP contribution in [-0.2, 0) is 32.6 Å². The maximum atomic E-state index is 14.2. The van der Waals surface area contributed by atoms with Gasteiger partial charge in [0.25, 0.3) is 5.91 Å². The molecular weight excluding hydrogens is 642 g/mol. The van der Waals surface area contributed by atoms with E-state index in [1.54, 1.807) is 0 Å². The normalized spacial score (nSPS) is 23.1. The summed E-state index contributed by atoms with van der Waals surface area (Å²) in [4.78, 5) is 58.2. The molecule has 1 saturated carbocycles. The number of para-hydroxylation sites is 1. The molecule has 6 rings (SSSR count). The number of aromatic nitrogens is 1. The molecule has 10 nitrogen and oxygen atoms in total. The first-order valence-corrected chi connectivity index (χ1v) is 18.7. The first-order chi connectivity index (χ1) is 24.3. The van der Waals surface area contributed by atoms with Crippen LogP contribution < -0.4 is 5.32 Å². The molecule has 0 bridgehead atoms. The van der Waals surface area contributed by atoms with Crippen LogP contribution >= 0.6 is 0 Å². The van der Waals surface area contributed by atoms with Crippen LogP contribution in [0.2, 0.25) is 0 Å². The van der Waals surface area contributed by atoms with Crippen molar-refractivity contribution in [2.75, 3.05) is 44.6 Å². The molecule has 3 aliphatic rings. The molecule has 2 atom stereocenters. The Hall–Kier alpha value is -4.02. The summed E-state index contributed by atoms with van der Waals surface area (Å²) >= 11 is 0. The molecule has 0 unspecified atom stereocenters. The predicted octanol–water partition coefficient (Wildman–Crippen LogP) is 5.52. The van der Waals surface area contributed by atoms with E-state index in [0.29, 0.717) is 31.8 Å². The zero-order valence-electron chi connectivity index (χ0n) is 31.2. The van der Waals surface area contributed by atoms with Crippen LogP contribution in [0.1, 0.15) is 79.9 Å². The average Bonchev–Trinajstić information content (AvgIpc) is 3.70. The van der Waals surface area contributed by atoms with E-state index in [1.165, 1.54) is 0 Å². The number of hydrogen-bond donors (Lipinski definition) is 1. The Labute approximate surface area is 302 Å². The molecule has 3 amide bonds. The number of ether oxygens (including phenoxy) is 1. The molecule has 3 aromatic rings. The minimum atomic E-state index is -0.400. The summed E-state index contributed by atoms with van der Waals surface area (Å²) in [6.07, 6.45) is 7.62. The number of amides is 3. The number of hydrogen-bond acceptors (Lipinski definition) is 6. The number of nitrogens with zero attached hydrogens (tertiary/aromatic N) is 4. The van der Waals surface area contributed by atoms with Gasteiger partial charge in [-0.2, -0.15) is 0 Å². The highest BCUT2D eigenvalue weighted by molar-refractivity contribution is 6.13. The molecule has 2 aliphatic heterocycles. The van der Waals surface area contributed by atoms with Gasteiger partial charge < -0.3 is 29.2 Å². The third-order valence-corrected chi connectivity index (χ3v) is 11.3. The quantitative estimate of drug-likeness (QED) is 0.296. The van der Waals surface area contributed by atoms with Gasteiger partial charge in [-0.25, -0.2) is 0 Å². The van der Waals surface area contributed by atoms with E-state index in [-0.39, 0.29) is 48.2 Å². The number of benzene rings is 2. The van der Waals surface area contributed by atoms with Crippen molar-refractivity contribution in [3.63, 3.8) is 0 Å². The predicted molar refractivity (Wildman–Crippen MR) is 200 cm³/mol. The number of aryl methyl sites for hydroxylation is 3. The lowest BCUT2D eigenvalue weighted by Crippen LogP contribution is -2.54. The third kappa shape index (κ3) is 8.23. The first kappa shape index (κ1) is 36.8. The molecule has 0 radical (unpaired) electrons. The molecule has 2 aromatic carbocycles. The standard InChI is InChI=1S/C41H55N5O5/c1-27-20-36(42-39(49)35-24-43(6)37-10-8-7-9-34(35)37)28(2)19-30(27)21-38(48)46-23-31(44-15-17-45(18-16-44)40(50)41(3,4)5)22-32(46)26-51-33-13-11-29(25-47)12-14-33/h7-10,19-20,24-25,29,31-33H,11-18,21-23,26H2,1-6H3,(H,42,49)/t29-,31-,32-,33-/m0/s1. The average molecular weight is 698 g/mol. The van der Waals surface area contributed by atoms with E-state index in [0.717, 1.165) is 84.8 Å². The van der Waals surface area contributed by atoms with Crippen molar-refractivity contribution in [3.05, 3.63) is 64.8 Å². The van der Waals surface area contributed by atoms with Gasteiger partial charge in [0.15, 0.2) is 0 Å². The Bertz CT molecular complexity index is 1760. The van der Waals surface area contributed by atoms with Crippen LogP contribution in [0.4, 0.5) is 5.69 Å². The van der Waals surface area contributed by atoms with Gasteiger partial charge in [0.2, 0.25) is 11.8 Å².